The fourth-order valence-corrected chi connectivity index (χ4v) is 4.73. The molecular formula is C19H26ClN3O3. The van der Waals surface area contributed by atoms with Gasteiger partial charge < -0.3 is 21.1 Å². The number of hydrogen-bond acceptors (Lipinski definition) is 4. The lowest BCUT2D eigenvalue weighted by Crippen LogP contribution is -2.81. The summed E-state index contributed by atoms with van der Waals surface area (Å²) in [6, 6.07) is 5.58. The number of amides is 2. The van der Waals surface area contributed by atoms with Gasteiger partial charge in [-0.05, 0) is 43.0 Å². The van der Waals surface area contributed by atoms with Crippen molar-refractivity contribution in [2.24, 2.45) is 17.1 Å². The number of benzene rings is 1. The smallest absolute Gasteiger partial charge is 0.245 e. The molecule has 0 aromatic heterocycles. The van der Waals surface area contributed by atoms with Crippen LogP contribution in [0, 0.1) is 11.3 Å². The molecule has 2 amide bonds. The molecule has 2 fully saturated rings. The highest BCUT2D eigenvalue weighted by atomic mass is 35.5. The summed E-state index contributed by atoms with van der Waals surface area (Å²) in [7, 11) is 0. The second-order valence-electron chi connectivity index (χ2n) is 8.01. The van der Waals surface area contributed by atoms with Crippen molar-refractivity contribution in [3.63, 3.8) is 0 Å². The fraction of sp³-hybridized carbons (Fsp3) is 0.579. The molecule has 0 bridgehead atoms. The molecular weight excluding hydrogens is 354 g/mol. The van der Waals surface area contributed by atoms with Gasteiger partial charge in [0.25, 0.3) is 0 Å². The largest absolute Gasteiger partial charge is 0.377 e. The standard InChI is InChI=1S/C19H25N3O3.ClH/c1-18(2)16-13(4-3-9-25-16)19(18,20)17(24)21-12-6-7-14-11(10-12)5-8-15(23)22-14;/h6-7,10,13,16H,3-5,8-9,20H2,1-2H3,(H,21,24)(H,22,23);1H. The van der Waals surface area contributed by atoms with Crippen LogP contribution in [0.1, 0.15) is 38.7 Å². The molecule has 1 saturated heterocycles. The summed E-state index contributed by atoms with van der Waals surface area (Å²) in [4.78, 5) is 24.5. The molecule has 26 heavy (non-hydrogen) atoms. The van der Waals surface area contributed by atoms with Crippen molar-refractivity contribution in [2.75, 3.05) is 17.2 Å². The van der Waals surface area contributed by atoms with E-state index in [-0.39, 0.29) is 36.2 Å². The van der Waals surface area contributed by atoms with Crippen LogP contribution in [-0.2, 0) is 20.7 Å². The average molecular weight is 380 g/mol. The predicted molar refractivity (Wildman–Crippen MR) is 102 cm³/mol. The number of carbonyl (C=O) groups is 2. The quantitative estimate of drug-likeness (QED) is 0.735. The Morgan fingerprint density at radius 3 is 2.88 bits per heavy atom. The van der Waals surface area contributed by atoms with Crippen LogP contribution in [0.5, 0.6) is 0 Å². The molecule has 2 aliphatic heterocycles. The molecule has 2 heterocycles. The number of fused-ring (bicyclic) bond motifs is 2. The second-order valence-corrected chi connectivity index (χ2v) is 8.01. The third kappa shape index (κ3) is 2.63. The molecule has 4 N–H and O–H groups in total. The Labute approximate surface area is 159 Å². The summed E-state index contributed by atoms with van der Waals surface area (Å²) in [6.07, 6.45) is 3.08. The maximum Gasteiger partial charge on any atom is 0.245 e. The van der Waals surface area contributed by atoms with Crippen molar-refractivity contribution >= 4 is 35.6 Å². The summed E-state index contributed by atoms with van der Waals surface area (Å²) in [6.45, 7) is 4.78. The summed E-state index contributed by atoms with van der Waals surface area (Å²) in [5.41, 5.74) is 7.89. The minimum absolute atomic E-state index is 0. The van der Waals surface area contributed by atoms with E-state index in [9.17, 15) is 9.59 Å². The van der Waals surface area contributed by atoms with E-state index in [1.165, 1.54) is 0 Å². The van der Waals surface area contributed by atoms with E-state index >= 15 is 0 Å². The first kappa shape index (κ1) is 19.1. The third-order valence-corrected chi connectivity index (χ3v) is 6.32. The fourth-order valence-electron chi connectivity index (χ4n) is 4.73. The van der Waals surface area contributed by atoms with E-state index in [1.54, 1.807) is 0 Å². The molecule has 1 aromatic carbocycles. The van der Waals surface area contributed by atoms with E-state index < -0.39 is 11.0 Å². The number of ether oxygens (including phenoxy) is 1. The monoisotopic (exact) mass is 379 g/mol. The number of halogens is 1. The first-order valence-corrected chi connectivity index (χ1v) is 8.99. The summed E-state index contributed by atoms with van der Waals surface area (Å²) >= 11 is 0. The van der Waals surface area contributed by atoms with Crippen molar-refractivity contribution in [1.82, 2.24) is 0 Å². The van der Waals surface area contributed by atoms with Crippen LogP contribution in [0.25, 0.3) is 0 Å². The first-order chi connectivity index (χ1) is 11.8. The Morgan fingerprint density at radius 1 is 1.35 bits per heavy atom. The van der Waals surface area contributed by atoms with Gasteiger partial charge in [0.15, 0.2) is 0 Å². The predicted octanol–water partition coefficient (Wildman–Crippen LogP) is 2.46. The summed E-state index contributed by atoms with van der Waals surface area (Å²) < 4.78 is 5.87. The molecule has 7 heteroatoms. The van der Waals surface area contributed by atoms with Gasteiger partial charge in [-0.15, -0.1) is 12.4 Å². The number of nitrogens with one attached hydrogen (secondary N) is 2. The molecule has 1 aromatic rings. The lowest BCUT2D eigenvalue weighted by atomic mass is 9.46. The zero-order valence-corrected chi connectivity index (χ0v) is 15.9. The Kier molecular flexibility index (Phi) is 4.80. The van der Waals surface area contributed by atoms with Gasteiger partial charge in [0.1, 0.15) is 5.54 Å². The van der Waals surface area contributed by atoms with Crippen LogP contribution in [0.3, 0.4) is 0 Å². The van der Waals surface area contributed by atoms with E-state index in [2.05, 4.69) is 10.6 Å². The van der Waals surface area contributed by atoms with Crippen molar-refractivity contribution in [3.8, 4) is 0 Å². The normalized spacial score (nSPS) is 31.4. The molecule has 1 saturated carbocycles. The number of anilines is 2. The molecule has 6 nitrogen and oxygen atoms in total. The maximum absolute atomic E-state index is 13.0. The minimum atomic E-state index is -0.928. The highest BCUT2D eigenvalue weighted by molar-refractivity contribution is 6.01. The van der Waals surface area contributed by atoms with Crippen LogP contribution >= 0.6 is 12.4 Å². The van der Waals surface area contributed by atoms with Crippen LogP contribution in [0.2, 0.25) is 0 Å². The molecule has 3 aliphatic rings. The van der Waals surface area contributed by atoms with Crippen molar-refractivity contribution in [1.29, 1.82) is 0 Å². The van der Waals surface area contributed by atoms with E-state index in [1.807, 2.05) is 32.0 Å². The van der Waals surface area contributed by atoms with Crippen molar-refractivity contribution < 1.29 is 14.3 Å². The minimum Gasteiger partial charge on any atom is -0.377 e. The summed E-state index contributed by atoms with van der Waals surface area (Å²) in [5.74, 6) is -0.0537. The van der Waals surface area contributed by atoms with Crippen molar-refractivity contribution in [2.45, 2.75) is 51.2 Å². The zero-order valence-electron chi connectivity index (χ0n) is 15.1. The molecule has 0 radical (unpaired) electrons. The third-order valence-electron chi connectivity index (χ3n) is 6.32. The van der Waals surface area contributed by atoms with Gasteiger partial charge in [-0.3, -0.25) is 9.59 Å². The summed E-state index contributed by atoms with van der Waals surface area (Å²) in [5, 5.41) is 5.85. The van der Waals surface area contributed by atoms with Gasteiger partial charge in [0.05, 0.1) is 6.10 Å². The number of aryl methyl sites for hydroxylation is 1. The Hall–Kier alpha value is -1.63. The average Bonchev–Trinajstić information content (AvgIpc) is 2.61. The second kappa shape index (κ2) is 6.51. The number of hydrogen-bond donors (Lipinski definition) is 3. The highest BCUT2D eigenvalue weighted by Crippen LogP contribution is 2.57. The van der Waals surface area contributed by atoms with Gasteiger partial charge in [0, 0.05) is 35.7 Å². The molecule has 4 rings (SSSR count). The van der Waals surface area contributed by atoms with Gasteiger partial charge in [0.2, 0.25) is 11.8 Å². The Bertz CT molecular complexity index is 752. The molecule has 3 atom stereocenters. The molecule has 1 aliphatic carbocycles. The van der Waals surface area contributed by atoms with E-state index in [4.69, 9.17) is 10.5 Å². The van der Waals surface area contributed by atoms with Gasteiger partial charge >= 0.3 is 0 Å². The maximum atomic E-state index is 13.0. The van der Waals surface area contributed by atoms with Crippen LogP contribution in [-0.4, -0.2) is 30.1 Å². The zero-order chi connectivity index (χ0) is 17.8. The lowest BCUT2D eigenvalue weighted by molar-refractivity contribution is -0.222. The molecule has 0 spiro atoms. The van der Waals surface area contributed by atoms with Crippen LogP contribution in [0.4, 0.5) is 11.4 Å². The highest BCUT2D eigenvalue weighted by Gasteiger charge is 2.70. The van der Waals surface area contributed by atoms with Gasteiger partial charge in [-0.1, -0.05) is 13.8 Å². The molecule has 3 unspecified atom stereocenters. The van der Waals surface area contributed by atoms with E-state index in [0.717, 1.165) is 36.4 Å². The van der Waals surface area contributed by atoms with Crippen LogP contribution < -0.4 is 16.4 Å². The lowest BCUT2D eigenvalue weighted by Gasteiger charge is -2.65. The molecule has 142 valence electrons. The van der Waals surface area contributed by atoms with Crippen LogP contribution in [0.15, 0.2) is 18.2 Å². The Morgan fingerprint density at radius 2 is 2.12 bits per heavy atom. The number of nitrogens with two attached hydrogens (primary N) is 1. The van der Waals surface area contributed by atoms with Gasteiger partial charge in [-0.2, -0.15) is 0 Å². The van der Waals surface area contributed by atoms with Crippen molar-refractivity contribution in [3.05, 3.63) is 23.8 Å². The number of carbonyl (C=O) groups excluding carboxylic acids is 2. The van der Waals surface area contributed by atoms with Gasteiger partial charge in [-0.25, -0.2) is 0 Å². The van der Waals surface area contributed by atoms with E-state index in [0.29, 0.717) is 12.8 Å². The first-order valence-electron chi connectivity index (χ1n) is 8.99. The Balaban J connectivity index is 0.00000196. The SMILES string of the molecule is CC1(C)C2OCCCC2C1(N)C(=O)Nc1ccc2c(c1)CCC(=O)N2.Cl. The number of rotatable bonds is 2. The topological polar surface area (TPSA) is 93.4 Å².